The highest BCUT2D eigenvalue weighted by Gasteiger charge is 2.28. The predicted molar refractivity (Wildman–Crippen MR) is 56.8 cm³/mol. The van der Waals surface area contributed by atoms with E-state index in [-0.39, 0.29) is 0 Å². The molecule has 1 heterocycles. The second-order valence-electron chi connectivity index (χ2n) is 5.67. The second kappa shape index (κ2) is 4.00. The Hall–Kier alpha value is -0.0400. The predicted octanol–water partition coefficient (Wildman–Crippen LogP) is 3.63. The van der Waals surface area contributed by atoms with Crippen molar-refractivity contribution in [2.24, 2.45) is 10.8 Å². The van der Waals surface area contributed by atoms with Crippen LogP contribution in [0.3, 0.4) is 0 Å². The van der Waals surface area contributed by atoms with Crippen molar-refractivity contribution in [1.82, 2.24) is 0 Å². The Morgan fingerprint density at radius 3 is 2.38 bits per heavy atom. The van der Waals surface area contributed by atoms with E-state index < -0.39 is 0 Å². The Kier molecular flexibility index (Phi) is 3.39. The first kappa shape index (κ1) is 11.0. The molecule has 0 spiro atoms. The zero-order valence-corrected chi connectivity index (χ0v) is 9.65. The lowest BCUT2D eigenvalue weighted by molar-refractivity contribution is -0.0178. The van der Waals surface area contributed by atoms with Crippen molar-refractivity contribution in [1.29, 1.82) is 0 Å². The average Bonchev–Trinajstić information content (AvgIpc) is 2.01. The maximum atomic E-state index is 5.80. The Labute approximate surface area is 82.9 Å². The van der Waals surface area contributed by atoms with Gasteiger partial charge in [-0.25, -0.2) is 0 Å². The van der Waals surface area contributed by atoms with Gasteiger partial charge in [-0.05, 0) is 30.1 Å². The molecule has 0 aliphatic carbocycles. The number of hydrogen-bond acceptors (Lipinski definition) is 1. The lowest BCUT2D eigenvalue weighted by atomic mass is 9.78. The molecule has 78 valence electrons. The number of rotatable bonds is 1. The number of hydrogen-bond donors (Lipinski definition) is 0. The fraction of sp³-hybridized carbons (Fsp3) is 1.00. The van der Waals surface area contributed by atoms with Gasteiger partial charge >= 0.3 is 0 Å². The SMILES string of the molecule is CCC1(C)CCCC(C)(C)COC1. The van der Waals surface area contributed by atoms with Gasteiger partial charge in [0.2, 0.25) is 0 Å². The van der Waals surface area contributed by atoms with Gasteiger partial charge in [0.05, 0.1) is 13.2 Å². The van der Waals surface area contributed by atoms with Crippen molar-refractivity contribution in [3.63, 3.8) is 0 Å². The third-order valence-electron chi connectivity index (χ3n) is 3.43. The third-order valence-corrected chi connectivity index (χ3v) is 3.43. The van der Waals surface area contributed by atoms with Crippen LogP contribution in [0.5, 0.6) is 0 Å². The van der Waals surface area contributed by atoms with E-state index >= 15 is 0 Å². The fourth-order valence-electron chi connectivity index (χ4n) is 1.99. The quantitative estimate of drug-likeness (QED) is 0.604. The highest BCUT2D eigenvalue weighted by atomic mass is 16.5. The summed E-state index contributed by atoms with van der Waals surface area (Å²) >= 11 is 0. The van der Waals surface area contributed by atoms with Crippen LogP contribution in [0, 0.1) is 10.8 Å². The van der Waals surface area contributed by atoms with Crippen LogP contribution in [0.2, 0.25) is 0 Å². The van der Waals surface area contributed by atoms with Crippen molar-refractivity contribution in [3.8, 4) is 0 Å². The highest BCUT2D eigenvalue weighted by molar-refractivity contribution is 4.78. The molecule has 0 saturated carbocycles. The molecular weight excluding hydrogens is 160 g/mol. The molecule has 0 amide bonds. The van der Waals surface area contributed by atoms with Crippen LogP contribution in [0.4, 0.5) is 0 Å². The van der Waals surface area contributed by atoms with Gasteiger partial charge < -0.3 is 4.74 Å². The molecule has 1 nitrogen and oxygen atoms in total. The monoisotopic (exact) mass is 184 g/mol. The number of ether oxygens (including phenoxy) is 1. The summed E-state index contributed by atoms with van der Waals surface area (Å²) in [5.41, 5.74) is 0.839. The minimum Gasteiger partial charge on any atom is -0.380 e. The van der Waals surface area contributed by atoms with Crippen LogP contribution in [0.25, 0.3) is 0 Å². The lowest BCUT2D eigenvalue weighted by Gasteiger charge is -2.35. The molecule has 0 aromatic carbocycles. The molecule has 1 heteroatoms. The van der Waals surface area contributed by atoms with E-state index in [1.807, 2.05) is 0 Å². The van der Waals surface area contributed by atoms with Crippen molar-refractivity contribution >= 4 is 0 Å². The van der Waals surface area contributed by atoms with E-state index in [1.165, 1.54) is 25.7 Å². The van der Waals surface area contributed by atoms with Crippen molar-refractivity contribution in [2.45, 2.75) is 53.4 Å². The van der Waals surface area contributed by atoms with E-state index in [4.69, 9.17) is 4.74 Å². The first-order valence-corrected chi connectivity index (χ1v) is 5.55. The molecule has 0 aromatic heterocycles. The molecule has 13 heavy (non-hydrogen) atoms. The fourth-order valence-corrected chi connectivity index (χ4v) is 1.99. The molecule has 1 aliphatic heterocycles. The zero-order valence-electron chi connectivity index (χ0n) is 9.65. The average molecular weight is 184 g/mol. The van der Waals surface area contributed by atoms with Gasteiger partial charge in [-0.2, -0.15) is 0 Å². The summed E-state index contributed by atoms with van der Waals surface area (Å²) in [6.07, 6.45) is 5.24. The maximum Gasteiger partial charge on any atom is 0.0519 e. The van der Waals surface area contributed by atoms with Gasteiger partial charge in [0.25, 0.3) is 0 Å². The van der Waals surface area contributed by atoms with Gasteiger partial charge in [0.1, 0.15) is 0 Å². The first-order chi connectivity index (χ1) is 5.97. The standard InChI is InChI=1S/C12H24O/c1-5-12(4)8-6-7-11(2,3)9-13-10-12/h5-10H2,1-4H3. The molecule has 0 bridgehead atoms. The van der Waals surface area contributed by atoms with E-state index in [2.05, 4.69) is 27.7 Å². The Balaban J connectivity index is 2.48. The van der Waals surface area contributed by atoms with Crippen molar-refractivity contribution in [3.05, 3.63) is 0 Å². The molecule has 1 aliphatic rings. The summed E-state index contributed by atoms with van der Waals surface area (Å²) in [5, 5.41) is 0. The van der Waals surface area contributed by atoms with E-state index in [0.29, 0.717) is 10.8 Å². The van der Waals surface area contributed by atoms with Gasteiger partial charge in [0.15, 0.2) is 0 Å². The van der Waals surface area contributed by atoms with E-state index in [9.17, 15) is 0 Å². The highest BCUT2D eigenvalue weighted by Crippen LogP contribution is 2.35. The Morgan fingerprint density at radius 2 is 1.77 bits per heavy atom. The van der Waals surface area contributed by atoms with Crippen molar-refractivity contribution in [2.75, 3.05) is 13.2 Å². The zero-order chi connectivity index (χ0) is 9.95. The summed E-state index contributed by atoms with van der Waals surface area (Å²) in [6, 6.07) is 0. The molecular formula is C12H24O. The van der Waals surface area contributed by atoms with E-state index in [0.717, 1.165) is 13.2 Å². The minimum absolute atomic E-state index is 0.398. The summed E-state index contributed by atoms with van der Waals surface area (Å²) < 4.78 is 5.80. The van der Waals surface area contributed by atoms with Crippen LogP contribution in [-0.2, 0) is 4.74 Å². The molecule has 0 aromatic rings. The maximum absolute atomic E-state index is 5.80. The third kappa shape index (κ3) is 3.30. The normalized spacial score (nSPS) is 35.1. The van der Waals surface area contributed by atoms with Crippen molar-refractivity contribution < 1.29 is 4.74 Å². The largest absolute Gasteiger partial charge is 0.380 e. The molecule has 1 rings (SSSR count). The molecule has 0 N–H and O–H groups in total. The lowest BCUT2D eigenvalue weighted by Crippen LogP contribution is -2.30. The summed E-state index contributed by atoms with van der Waals surface area (Å²) in [6.45, 7) is 11.1. The van der Waals surface area contributed by atoms with Crippen LogP contribution in [-0.4, -0.2) is 13.2 Å². The van der Waals surface area contributed by atoms with Gasteiger partial charge in [0, 0.05) is 0 Å². The second-order valence-corrected chi connectivity index (χ2v) is 5.67. The van der Waals surface area contributed by atoms with E-state index in [1.54, 1.807) is 0 Å². The molecule has 1 fully saturated rings. The summed E-state index contributed by atoms with van der Waals surface area (Å²) in [4.78, 5) is 0. The van der Waals surface area contributed by atoms with Crippen LogP contribution in [0.1, 0.15) is 53.4 Å². The Morgan fingerprint density at radius 1 is 1.08 bits per heavy atom. The van der Waals surface area contributed by atoms with Crippen LogP contribution in [0.15, 0.2) is 0 Å². The molecule has 1 unspecified atom stereocenters. The molecule has 0 radical (unpaired) electrons. The first-order valence-electron chi connectivity index (χ1n) is 5.55. The Bertz CT molecular complexity index is 149. The topological polar surface area (TPSA) is 9.23 Å². The molecule has 1 saturated heterocycles. The van der Waals surface area contributed by atoms with Gasteiger partial charge in [-0.1, -0.05) is 34.1 Å². The smallest absolute Gasteiger partial charge is 0.0519 e. The van der Waals surface area contributed by atoms with Crippen LogP contribution < -0.4 is 0 Å². The summed E-state index contributed by atoms with van der Waals surface area (Å²) in [7, 11) is 0. The summed E-state index contributed by atoms with van der Waals surface area (Å²) in [5.74, 6) is 0. The molecule has 1 atom stereocenters. The van der Waals surface area contributed by atoms with Gasteiger partial charge in [-0.15, -0.1) is 0 Å². The van der Waals surface area contributed by atoms with Crippen LogP contribution >= 0.6 is 0 Å². The van der Waals surface area contributed by atoms with Gasteiger partial charge in [-0.3, -0.25) is 0 Å². The minimum atomic E-state index is 0.398.